The number of nitrogens with one attached hydrogen (secondary N) is 1. The molecule has 7 heteroatoms. The number of halogens is 1. The maximum Gasteiger partial charge on any atom is 0.241 e. The molecule has 0 amide bonds. The summed E-state index contributed by atoms with van der Waals surface area (Å²) in [7, 11) is 1.64. The van der Waals surface area contributed by atoms with Crippen LogP contribution in [0.3, 0.4) is 0 Å². The summed E-state index contributed by atoms with van der Waals surface area (Å²) in [5.74, 6) is 2.03. The smallest absolute Gasteiger partial charge is 0.241 e. The van der Waals surface area contributed by atoms with Crippen LogP contribution in [0.5, 0.6) is 5.75 Å². The monoisotopic (exact) mass is 352 g/mol. The van der Waals surface area contributed by atoms with Crippen molar-refractivity contribution in [1.29, 1.82) is 0 Å². The predicted octanol–water partition coefficient (Wildman–Crippen LogP) is 1.91. The van der Waals surface area contributed by atoms with Crippen LogP contribution in [0.2, 0.25) is 0 Å². The van der Waals surface area contributed by atoms with Crippen molar-refractivity contribution >= 4 is 15.9 Å². The first-order valence-electron chi connectivity index (χ1n) is 6.86. The van der Waals surface area contributed by atoms with E-state index in [0.29, 0.717) is 18.3 Å². The zero-order valence-corrected chi connectivity index (χ0v) is 13.4. The van der Waals surface area contributed by atoms with Gasteiger partial charge in [0.1, 0.15) is 5.75 Å². The van der Waals surface area contributed by atoms with Gasteiger partial charge in [0.25, 0.3) is 0 Å². The summed E-state index contributed by atoms with van der Waals surface area (Å²) in [6.45, 7) is 4.72. The molecule has 1 fully saturated rings. The van der Waals surface area contributed by atoms with Gasteiger partial charge in [-0.3, -0.25) is 4.90 Å². The molecule has 0 radical (unpaired) electrons. The molecule has 1 aromatic heterocycles. The second-order valence-electron chi connectivity index (χ2n) is 4.89. The quantitative estimate of drug-likeness (QED) is 0.906. The van der Waals surface area contributed by atoms with E-state index in [1.165, 1.54) is 0 Å². The fourth-order valence-electron chi connectivity index (χ4n) is 2.30. The second kappa shape index (κ2) is 6.55. The Balaban J connectivity index is 1.73. The SMILES string of the molecule is COc1ccc(-c2noc(CN3CCNCC3)n2)cc1Br. The third-order valence-electron chi connectivity index (χ3n) is 3.45. The maximum atomic E-state index is 5.35. The molecule has 0 spiro atoms. The molecule has 0 bridgehead atoms. The van der Waals surface area contributed by atoms with E-state index in [-0.39, 0.29) is 0 Å². The highest BCUT2D eigenvalue weighted by Crippen LogP contribution is 2.29. The van der Waals surface area contributed by atoms with Crippen LogP contribution in [0.15, 0.2) is 27.2 Å². The number of piperazine rings is 1. The average Bonchev–Trinajstić information content (AvgIpc) is 2.97. The number of nitrogens with zero attached hydrogens (tertiary/aromatic N) is 3. The Morgan fingerprint density at radius 2 is 2.19 bits per heavy atom. The van der Waals surface area contributed by atoms with Gasteiger partial charge >= 0.3 is 0 Å². The first-order chi connectivity index (χ1) is 10.3. The molecule has 1 aliphatic rings. The van der Waals surface area contributed by atoms with E-state index in [9.17, 15) is 0 Å². The van der Waals surface area contributed by atoms with Crippen LogP contribution in [0.4, 0.5) is 0 Å². The summed E-state index contributed by atoms with van der Waals surface area (Å²) < 4.78 is 11.4. The Bertz CT molecular complexity index is 611. The van der Waals surface area contributed by atoms with Gasteiger partial charge in [0.05, 0.1) is 18.1 Å². The predicted molar refractivity (Wildman–Crippen MR) is 82.1 cm³/mol. The number of aromatic nitrogens is 2. The van der Waals surface area contributed by atoms with Gasteiger partial charge in [-0.25, -0.2) is 0 Å². The lowest BCUT2D eigenvalue weighted by atomic mass is 10.2. The molecule has 0 saturated carbocycles. The molecule has 0 unspecified atom stereocenters. The Hall–Kier alpha value is -1.44. The summed E-state index contributed by atoms with van der Waals surface area (Å²) in [5.41, 5.74) is 0.901. The Morgan fingerprint density at radius 3 is 2.90 bits per heavy atom. The van der Waals surface area contributed by atoms with Gasteiger partial charge in [-0.05, 0) is 34.1 Å². The molecule has 2 heterocycles. The average molecular weight is 353 g/mol. The van der Waals surface area contributed by atoms with E-state index in [0.717, 1.165) is 42.0 Å². The normalized spacial score (nSPS) is 16.1. The van der Waals surface area contributed by atoms with Crippen LogP contribution in [-0.4, -0.2) is 48.3 Å². The highest BCUT2D eigenvalue weighted by molar-refractivity contribution is 9.10. The van der Waals surface area contributed by atoms with E-state index in [1.54, 1.807) is 7.11 Å². The van der Waals surface area contributed by atoms with Crippen LogP contribution in [0, 0.1) is 0 Å². The van der Waals surface area contributed by atoms with Gasteiger partial charge < -0.3 is 14.6 Å². The highest BCUT2D eigenvalue weighted by atomic mass is 79.9. The number of rotatable bonds is 4. The van der Waals surface area contributed by atoms with Crippen LogP contribution >= 0.6 is 15.9 Å². The maximum absolute atomic E-state index is 5.35. The molecule has 2 aromatic rings. The number of benzene rings is 1. The van der Waals surface area contributed by atoms with E-state index in [2.05, 4.69) is 36.3 Å². The van der Waals surface area contributed by atoms with Crippen molar-refractivity contribution in [1.82, 2.24) is 20.4 Å². The molecule has 1 N–H and O–H groups in total. The summed E-state index contributed by atoms with van der Waals surface area (Å²) >= 11 is 3.46. The van der Waals surface area contributed by atoms with Gasteiger partial charge in [-0.2, -0.15) is 4.98 Å². The van der Waals surface area contributed by atoms with Crippen molar-refractivity contribution in [3.63, 3.8) is 0 Å². The van der Waals surface area contributed by atoms with E-state index in [4.69, 9.17) is 9.26 Å². The van der Waals surface area contributed by atoms with E-state index >= 15 is 0 Å². The first-order valence-corrected chi connectivity index (χ1v) is 7.65. The van der Waals surface area contributed by atoms with Crippen molar-refractivity contribution in [3.05, 3.63) is 28.6 Å². The van der Waals surface area contributed by atoms with E-state index in [1.807, 2.05) is 18.2 Å². The van der Waals surface area contributed by atoms with Crippen LogP contribution < -0.4 is 10.1 Å². The molecule has 1 aromatic carbocycles. The lowest BCUT2D eigenvalue weighted by Gasteiger charge is -2.25. The summed E-state index contributed by atoms with van der Waals surface area (Å²) in [5, 5.41) is 7.38. The zero-order valence-electron chi connectivity index (χ0n) is 11.8. The fourth-order valence-corrected chi connectivity index (χ4v) is 2.84. The minimum atomic E-state index is 0.600. The molecule has 112 valence electrons. The molecule has 3 rings (SSSR count). The molecule has 0 aliphatic carbocycles. The van der Waals surface area contributed by atoms with Crippen molar-refractivity contribution in [2.75, 3.05) is 33.3 Å². The summed E-state index contributed by atoms with van der Waals surface area (Å²) in [6.07, 6.45) is 0. The number of methoxy groups -OCH3 is 1. The van der Waals surface area contributed by atoms with Gasteiger partial charge in [-0.15, -0.1) is 0 Å². The Kier molecular flexibility index (Phi) is 4.52. The molecular formula is C14H17BrN4O2. The topological polar surface area (TPSA) is 63.4 Å². The minimum Gasteiger partial charge on any atom is -0.496 e. The van der Waals surface area contributed by atoms with Crippen molar-refractivity contribution in [2.45, 2.75) is 6.54 Å². The largest absolute Gasteiger partial charge is 0.496 e. The lowest BCUT2D eigenvalue weighted by Crippen LogP contribution is -2.42. The van der Waals surface area contributed by atoms with Crippen molar-refractivity contribution in [3.8, 4) is 17.1 Å². The third kappa shape index (κ3) is 3.42. The van der Waals surface area contributed by atoms with E-state index < -0.39 is 0 Å². The standard InChI is InChI=1S/C14H17BrN4O2/c1-20-12-3-2-10(8-11(12)15)14-17-13(21-18-14)9-19-6-4-16-5-7-19/h2-3,8,16H,4-7,9H2,1H3. The zero-order chi connectivity index (χ0) is 14.7. The van der Waals surface area contributed by atoms with Crippen molar-refractivity contribution in [2.24, 2.45) is 0 Å². The minimum absolute atomic E-state index is 0.600. The number of ether oxygens (including phenoxy) is 1. The van der Waals surface area contributed by atoms with Gasteiger partial charge in [0.2, 0.25) is 11.7 Å². The molecular weight excluding hydrogens is 336 g/mol. The molecule has 1 saturated heterocycles. The fraction of sp³-hybridized carbons (Fsp3) is 0.429. The molecule has 1 aliphatic heterocycles. The number of hydrogen-bond donors (Lipinski definition) is 1. The van der Waals surface area contributed by atoms with Crippen LogP contribution in [-0.2, 0) is 6.54 Å². The Labute approximate surface area is 131 Å². The van der Waals surface area contributed by atoms with Crippen LogP contribution in [0.25, 0.3) is 11.4 Å². The van der Waals surface area contributed by atoms with Gasteiger partial charge in [-0.1, -0.05) is 5.16 Å². The summed E-state index contributed by atoms with van der Waals surface area (Å²) in [4.78, 5) is 6.77. The van der Waals surface area contributed by atoms with Crippen molar-refractivity contribution < 1.29 is 9.26 Å². The molecule has 6 nitrogen and oxygen atoms in total. The number of hydrogen-bond acceptors (Lipinski definition) is 6. The third-order valence-corrected chi connectivity index (χ3v) is 4.07. The van der Waals surface area contributed by atoms with Crippen LogP contribution in [0.1, 0.15) is 5.89 Å². The Morgan fingerprint density at radius 1 is 1.38 bits per heavy atom. The summed E-state index contributed by atoms with van der Waals surface area (Å²) in [6, 6.07) is 5.73. The first kappa shape index (κ1) is 14.5. The van der Waals surface area contributed by atoms with Gasteiger partial charge in [0.15, 0.2) is 0 Å². The lowest BCUT2D eigenvalue weighted by molar-refractivity contribution is 0.203. The second-order valence-corrected chi connectivity index (χ2v) is 5.74. The molecule has 21 heavy (non-hydrogen) atoms. The van der Waals surface area contributed by atoms with Gasteiger partial charge in [0, 0.05) is 31.7 Å². The molecule has 0 atom stereocenters. The highest BCUT2D eigenvalue weighted by Gasteiger charge is 2.15.